The van der Waals surface area contributed by atoms with Crippen LogP contribution in [0.5, 0.6) is 0 Å². The van der Waals surface area contributed by atoms with Gasteiger partial charge in [-0.2, -0.15) is 0 Å². The molecule has 0 radical (unpaired) electrons. The van der Waals surface area contributed by atoms with Crippen molar-refractivity contribution in [3.05, 3.63) is 64.6 Å². The number of amides is 1. The van der Waals surface area contributed by atoms with E-state index >= 15 is 0 Å². The van der Waals surface area contributed by atoms with E-state index in [1.54, 1.807) is 0 Å². The number of anilines is 1. The van der Waals surface area contributed by atoms with E-state index in [0.29, 0.717) is 6.04 Å². The SMILES string of the molecule is CC1CN(C(=O)c2cccc(Br)c2)CCN1c1ccccc1. The van der Waals surface area contributed by atoms with Gasteiger partial charge in [0.15, 0.2) is 0 Å². The number of rotatable bonds is 2. The van der Waals surface area contributed by atoms with Crippen LogP contribution in [0.1, 0.15) is 17.3 Å². The third-order valence-electron chi connectivity index (χ3n) is 4.07. The fourth-order valence-electron chi connectivity index (χ4n) is 2.95. The van der Waals surface area contributed by atoms with E-state index in [1.165, 1.54) is 5.69 Å². The summed E-state index contributed by atoms with van der Waals surface area (Å²) in [6.45, 7) is 4.54. The summed E-state index contributed by atoms with van der Waals surface area (Å²) < 4.78 is 0.939. The van der Waals surface area contributed by atoms with Gasteiger partial charge in [-0.05, 0) is 37.3 Å². The summed E-state index contributed by atoms with van der Waals surface area (Å²) in [6, 6.07) is 18.3. The molecule has 1 unspecified atom stereocenters. The normalized spacial score (nSPS) is 18.4. The summed E-state index contributed by atoms with van der Waals surface area (Å²) in [4.78, 5) is 16.9. The number of nitrogens with zero attached hydrogens (tertiary/aromatic N) is 2. The molecule has 22 heavy (non-hydrogen) atoms. The van der Waals surface area contributed by atoms with Crippen molar-refractivity contribution >= 4 is 27.5 Å². The number of benzene rings is 2. The zero-order chi connectivity index (χ0) is 15.5. The van der Waals surface area contributed by atoms with Gasteiger partial charge in [0.25, 0.3) is 5.91 Å². The molecule has 2 aromatic rings. The minimum Gasteiger partial charge on any atom is -0.365 e. The van der Waals surface area contributed by atoms with Crippen molar-refractivity contribution in [3.8, 4) is 0 Å². The van der Waals surface area contributed by atoms with Crippen LogP contribution in [0.3, 0.4) is 0 Å². The lowest BCUT2D eigenvalue weighted by Crippen LogP contribution is -2.53. The number of para-hydroxylation sites is 1. The highest BCUT2D eigenvalue weighted by molar-refractivity contribution is 9.10. The molecule has 0 aliphatic carbocycles. The van der Waals surface area contributed by atoms with E-state index in [1.807, 2.05) is 35.2 Å². The van der Waals surface area contributed by atoms with Crippen LogP contribution in [0.25, 0.3) is 0 Å². The molecule has 1 saturated heterocycles. The van der Waals surface area contributed by atoms with Crippen molar-refractivity contribution in [1.29, 1.82) is 0 Å². The molecule has 1 amide bonds. The van der Waals surface area contributed by atoms with Crippen LogP contribution in [-0.2, 0) is 0 Å². The summed E-state index contributed by atoms with van der Waals surface area (Å²) in [5.74, 6) is 0.112. The Balaban J connectivity index is 1.71. The minimum absolute atomic E-state index is 0.112. The third kappa shape index (κ3) is 3.17. The molecule has 114 valence electrons. The number of hydrogen-bond donors (Lipinski definition) is 0. The summed E-state index contributed by atoms with van der Waals surface area (Å²) in [6.07, 6.45) is 0. The predicted octanol–water partition coefficient (Wildman–Crippen LogP) is 3.80. The molecule has 0 N–H and O–H groups in total. The van der Waals surface area contributed by atoms with Gasteiger partial charge in [0.05, 0.1) is 0 Å². The molecule has 2 aromatic carbocycles. The molecule has 3 rings (SSSR count). The molecule has 1 aliphatic heterocycles. The van der Waals surface area contributed by atoms with Gasteiger partial charge in [0.1, 0.15) is 0 Å². The first-order valence-corrected chi connectivity index (χ1v) is 8.31. The second kappa shape index (κ2) is 6.53. The fourth-order valence-corrected chi connectivity index (χ4v) is 3.35. The standard InChI is InChI=1S/C18H19BrN2O/c1-14-13-20(18(22)15-6-5-7-16(19)12-15)10-11-21(14)17-8-3-2-4-9-17/h2-9,12,14H,10-11,13H2,1H3. The molecule has 0 saturated carbocycles. The zero-order valence-electron chi connectivity index (χ0n) is 12.6. The van der Waals surface area contributed by atoms with Crippen LogP contribution >= 0.6 is 15.9 Å². The summed E-state index contributed by atoms with van der Waals surface area (Å²) in [5, 5.41) is 0. The van der Waals surface area contributed by atoms with Gasteiger partial charge in [0.2, 0.25) is 0 Å². The summed E-state index contributed by atoms with van der Waals surface area (Å²) in [7, 11) is 0. The molecule has 0 aromatic heterocycles. The minimum atomic E-state index is 0.112. The van der Waals surface area contributed by atoms with Gasteiger partial charge in [-0.25, -0.2) is 0 Å². The first-order valence-electron chi connectivity index (χ1n) is 7.51. The second-order valence-corrected chi connectivity index (χ2v) is 6.56. The van der Waals surface area contributed by atoms with Crippen molar-refractivity contribution in [3.63, 3.8) is 0 Å². The number of carbonyl (C=O) groups is 1. The first-order chi connectivity index (χ1) is 10.6. The smallest absolute Gasteiger partial charge is 0.254 e. The Bertz CT molecular complexity index is 659. The Morgan fingerprint density at radius 1 is 1.09 bits per heavy atom. The molecule has 1 heterocycles. The van der Waals surface area contributed by atoms with Gasteiger partial charge in [0, 0.05) is 41.4 Å². The van der Waals surface area contributed by atoms with Gasteiger partial charge >= 0.3 is 0 Å². The Morgan fingerprint density at radius 3 is 2.55 bits per heavy atom. The Hall–Kier alpha value is -1.81. The van der Waals surface area contributed by atoms with Crippen LogP contribution in [-0.4, -0.2) is 36.5 Å². The van der Waals surface area contributed by atoms with Crippen LogP contribution in [0.2, 0.25) is 0 Å². The molecule has 1 atom stereocenters. The van der Waals surface area contributed by atoms with Gasteiger partial charge in [-0.3, -0.25) is 4.79 Å². The molecule has 1 fully saturated rings. The van der Waals surface area contributed by atoms with E-state index in [-0.39, 0.29) is 5.91 Å². The number of carbonyl (C=O) groups excluding carboxylic acids is 1. The number of halogens is 1. The Labute approximate surface area is 139 Å². The number of piperazine rings is 1. The monoisotopic (exact) mass is 358 g/mol. The molecule has 0 bridgehead atoms. The summed E-state index contributed by atoms with van der Waals surface area (Å²) >= 11 is 3.43. The van der Waals surface area contributed by atoms with E-state index in [2.05, 4.69) is 52.0 Å². The maximum absolute atomic E-state index is 12.6. The van der Waals surface area contributed by atoms with Crippen LogP contribution < -0.4 is 4.90 Å². The third-order valence-corrected chi connectivity index (χ3v) is 4.57. The van der Waals surface area contributed by atoms with Crippen LogP contribution in [0.4, 0.5) is 5.69 Å². The average molecular weight is 359 g/mol. The Kier molecular flexibility index (Phi) is 4.48. The number of hydrogen-bond acceptors (Lipinski definition) is 2. The molecule has 1 aliphatic rings. The quantitative estimate of drug-likeness (QED) is 0.814. The van der Waals surface area contributed by atoms with Crippen molar-refractivity contribution in [2.24, 2.45) is 0 Å². The molecule has 3 nitrogen and oxygen atoms in total. The molecule has 0 spiro atoms. The summed E-state index contributed by atoms with van der Waals surface area (Å²) in [5.41, 5.74) is 1.97. The van der Waals surface area contributed by atoms with Gasteiger partial charge in [-0.1, -0.05) is 40.2 Å². The lowest BCUT2D eigenvalue weighted by atomic mass is 10.1. The highest BCUT2D eigenvalue weighted by atomic mass is 79.9. The molecule has 4 heteroatoms. The largest absolute Gasteiger partial charge is 0.365 e. The fraction of sp³-hybridized carbons (Fsp3) is 0.278. The predicted molar refractivity (Wildman–Crippen MR) is 93.3 cm³/mol. The first kappa shape index (κ1) is 15.1. The average Bonchev–Trinajstić information content (AvgIpc) is 2.55. The lowest BCUT2D eigenvalue weighted by molar-refractivity contribution is 0.0726. The Morgan fingerprint density at radius 2 is 1.86 bits per heavy atom. The van der Waals surface area contributed by atoms with Gasteiger partial charge in [-0.15, -0.1) is 0 Å². The van der Waals surface area contributed by atoms with E-state index in [4.69, 9.17) is 0 Å². The van der Waals surface area contributed by atoms with Crippen molar-refractivity contribution < 1.29 is 4.79 Å². The molecular formula is C18H19BrN2O. The van der Waals surface area contributed by atoms with E-state index in [9.17, 15) is 4.79 Å². The van der Waals surface area contributed by atoms with Crippen LogP contribution in [0, 0.1) is 0 Å². The topological polar surface area (TPSA) is 23.6 Å². The van der Waals surface area contributed by atoms with Crippen molar-refractivity contribution in [2.75, 3.05) is 24.5 Å². The zero-order valence-corrected chi connectivity index (χ0v) is 14.2. The van der Waals surface area contributed by atoms with E-state index in [0.717, 1.165) is 29.7 Å². The van der Waals surface area contributed by atoms with Gasteiger partial charge < -0.3 is 9.80 Å². The maximum Gasteiger partial charge on any atom is 0.254 e. The van der Waals surface area contributed by atoms with Crippen LogP contribution in [0.15, 0.2) is 59.1 Å². The lowest BCUT2D eigenvalue weighted by Gasteiger charge is -2.41. The van der Waals surface area contributed by atoms with Crippen molar-refractivity contribution in [1.82, 2.24) is 4.90 Å². The second-order valence-electron chi connectivity index (χ2n) is 5.64. The van der Waals surface area contributed by atoms with E-state index < -0.39 is 0 Å². The highest BCUT2D eigenvalue weighted by Crippen LogP contribution is 2.21. The highest BCUT2D eigenvalue weighted by Gasteiger charge is 2.27. The molecular weight excluding hydrogens is 340 g/mol. The van der Waals surface area contributed by atoms with Crippen molar-refractivity contribution in [2.45, 2.75) is 13.0 Å². The maximum atomic E-state index is 12.6.